The van der Waals surface area contributed by atoms with Gasteiger partial charge in [0, 0.05) is 5.56 Å². The van der Waals surface area contributed by atoms with Crippen molar-refractivity contribution in [3.63, 3.8) is 0 Å². The fourth-order valence-corrected chi connectivity index (χ4v) is 1.90. The number of rotatable bonds is 6. The van der Waals surface area contributed by atoms with Gasteiger partial charge in [-0.15, -0.1) is 0 Å². The molecule has 1 rings (SSSR count). The first-order chi connectivity index (χ1) is 9.39. The molecule has 0 heterocycles. The maximum absolute atomic E-state index is 12.2. The SMILES string of the molecule is CCc1ccccc1C(=O)NC(CC)(C(=O)O)C(=O)O. The number of amides is 1. The number of hydrogen-bond acceptors (Lipinski definition) is 3. The van der Waals surface area contributed by atoms with Crippen LogP contribution in [0, 0.1) is 0 Å². The van der Waals surface area contributed by atoms with Crippen molar-refractivity contribution >= 4 is 17.8 Å². The van der Waals surface area contributed by atoms with Crippen LogP contribution in [0.3, 0.4) is 0 Å². The van der Waals surface area contributed by atoms with E-state index in [2.05, 4.69) is 5.32 Å². The van der Waals surface area contributed by atoms with Crippen LogP contribution in [-0.2, 0) is 16.0 Å². The third-order valence-corrected chi connectivity index (χ3v) is 3.23. The highest BCUT2D eigenvalue weighted by atomic mass is 16.4. The molecule has 0 aliphatic heterocycles. The largest absolute Gasteiger partial charge is 0.479 e. The van der Waals surface area contributed by atoms with Crippen LogP contribution in [-0.4, -0.2) is 33.6 Å². The topological polar surface area (TPSA) is 104 Å². The Bertz CT molecular complexity index is 524. The lowest BCUT2D eigenvalue weighted by atomic mass is 9.95. The normalized spacial score (nSPS) is 10.9. The van der Waals surface area contributed by atoms with Gasteiger partial charge in [0.15, 0.2) is 0 Å². The third-order valence-electron chi connectivity index (χ3n) is 3.23. The number of aliphatic carboxylic acids is 2. The van der Waals surface area contributed by atoms with Crippen molar-refractivity contribution in [2.24, 2.45) is 0 Å². The van der Waals surface area contributed by atoms with Gasteiger partial charge in [-0.2, -0.15) is 0 Å². The van der Waals surface area contributed by atoms with E-state index >= 15 is 0 Å². The highest BCUT2D eigenvalue weighted by molar-refractivity contribution is 6.09. The molecule has 0 fully saturated rings. The molecule has 6 nitrogen and oxygen atoms in total. The summed E-state index contributed by atoms with van der Waals surface area (Å²) in [5.41, 5.74) is -1.29. The zero-order valence-electron chi connectivity index (χ0n) is 11.3. The molecule has 0 atom stereocenters. The number of carbonyl (C=O) groups excluding carboxylic acids is 1. The zero-order valence-corrected chi connectivity index (χ0v) is 11.3. The average molecular weight is 279 g/mol. The number of carboxylic acids is 2. The van der Waals surface area contributed by atoms with Gasteiger partial charge in [0.25, 0.3) is 5.91 Å². The highest BCUT2D eigenvalue weighted by Gasteiger charge is 2.46. The molecule has 6 heteroatoms. The Kier molecular flexibility index (Phi) is 4.85. The van der Waals surface area contributed by atoms with E-state index in [1.165, 1.54) is 13.0 Å². The van der Waals surface area contributed by atoms with Gasteiger partial charge < -0.3 is 15.5 Å². The molecule has 0 aromatic heterocycles. The predicted octanol–water partition coefficient (Wildman–Crippen LogP) is 1.30. The number of nitrogens with one attached hydrogen (secondary N) is 1. The summed E-state index contributed by atoms with van der Waals surface area (Å²) >= 11 is 0. The number of carboxylic acid groups (broad SMARTS) is 2. The first-order valence-corrected chi connectivity index (χ1v) is 6.26. The van der Waals surface area contributed by atoms with E-state index in [-0.39, 0.29) is 12.0 Å². The molecule has 0 bridgehead atoms. The molecule has 1 aromatic rings. The Morgan fingerprint density at radius 3 is 2.10 bits per heavy atom. The Labute approximate surface area is 116 Å². The van der Waals surface area contributed by atoms with E-state index in [1.807, 2.05) is 6.92 Å². The van der Waals surface area contributed by atoms with Gasteiger partial charge in [0.1, 0.15) is 0 Å². The Morgan fingerprint density at radius 2 is 1.65 bits per heavy atom. The van der Waals surface area contributed by atoms with Gasteiger partial charge in [-0.25, -0.2) is 9.59 Å². The lowest BCUT2D eigenvalue weighted by Crippen LogP contribution is -2.59. The van der Waals surface area contributed by atoms with Crippen LogP contribution in [0.2, 0.25) is 0 Å². The summed E-state index contributed by atoms with van der Waals surface area (Å²) < 4.78 is 0. The van der Waals surface area contributed by atoms with Crippen molar-refractivity contribution in [3.05, 3.63) is 35.4 Å². The second-order valence-electron chi connectivity index (χ2n) is 4.33. The van der Waals surface area contributed by atoms with Gasteiger partial charge in [-0.05, 0) is 24.5 Å². The number of aryl methyl sites for hydroxylation is 1. The van der Waals surface area contributed by atoms with Crippen LogP contribution in [0.1, 0.15) is 36.2 Å². The molecular formula is C14H17NO5. The molecule has 0 saturated carbocycles. The molecule has 20 heavy (non-hydrogen) atoms. The van der Waals surface area contributed by atoms with Crippen LogP contribution in [0.5, 0.6) is 0 Å². The predicted molar refractivity (Wildman–Crippen MR) is 71.6 cm³/mol. The summed E-state index contributed by atoms with van der Waals surface area (Å²) in [6.45, 7) is 3.25. The minimum Gasteiger partial charge on any atom is -0.479 e. The van der Waals surface area contributed by atoms with Crippen molar-refractivity contribution in [2.75, 3.05) is 0 Å². The first-order valence-electron chi connectivity index (χ1n) is 6.26. The summed E-state index contributed by atoms with van der Waals surface area (Å²) in [5.74, 6) is -3.88. The van der Waals surface area contributed by atoms with Gasteiger partial charge in [0.05, 0.1) is 0 Å². The van der Waals surface area contributed by atoms with Gasteiger partial charge in [-0.3, -0.25) is 4.79 Å². The Hall–Kier alpha value is -2.37. The Balaban J connectivity index is 3.15. The van der Waals surface area contributed by atoms with Crippen LogP contribution in [0.15, 0.2) is 24.3 Å². The quantitative estimate of drug-likeness (QED) is 0.681. The van der Waals surface area contributed by atoms with Gasteiger partial charge >= 0.3 is 11.9 Å². The van der Waals surface area contributed by atoms with Crippen molar-refractivity contribution in [2.45, 2.75) is 32.2 Å². The van der Waals surface area contributed by atoms with E-state index in [9.17, 15) is 14.4 Å². The fraction of sp³-hybridized carbons (Fsp3) is 0.357. The monoisotopic (exact) mass is 279 g/mol. The number of hydrogen-bond donors (Lipinski definition) is 3. The summed E-state index contributed by atoms with van der Waals surface area (Å²) in [6.07, 6.45) is 0.334. The molecular weight excluding hydrogens is 262 g/mol. The summed E-state index contributed by atoms with van der Waals surface area (Å²) in [7, 11) is 0. The second kappa shape index (κ2) is 6.18. The molecule has 0 spiro atoms. The second-order valence-corrected chi connectivity index (χ2v) is 4.33. The van der Waals surface area contributed by atoms with Crippen LogP contribution >= 0.6 is 0 Å². The molecule has 0 aliphatic carbocycles. The van der Waals surface area contributed by atoms with Crippen molar-refractivity contribution in [3.8, 4) is 0 Å². The lowest BCUT2D eigenvalue weighted by Gasteiger charge is -2.25. The van der Waals surface area contributed by atoms with Crippen molar-refractivity contribution < 1.29 is 24.6 Å². The van der Waals surface area contributed by atoms with Crippen LogP contribution in [0.4, 0.5) is 0 Å². The van der Waals surface area contributed by atoms with Gasteiger partial charge in [0.2, 0.25) is 5.54 Å². The minimum absolute atomic E-state index is 0.252. The molecule has 1 aromatic carbocycles. The molecule has 108 valence electrons. The average Bonchev–Trinajstić information content (AvgIpc) is 2.43. The van der Waals surface area contributed by atoms with Crippen molar-refractivity contribution in [1.29, 1.82) is 0 Å². The molecule has 0 saturated heterocycles. The number of benzene rings is 1. The van der Waals surface area contributed by atoms with E-state index in [0.29, 0.717) is 6.42 Å². The van der Waals surface area contributed by atoms with Gasteiger partial charge in [-0.1, -0.05) is 32.0 Å². The maximum Gasteiger partial charge on any atom is 0.341 e. The minimum atomic E-state index is -2.31. The first kappa shape index (κ1) is 15.7. The molecule has 1 amide bonds. The van der Waals surface area contributed by atoms with Crippen LogP contribution < -0.4 is 5.32 Å². The molecule has 0 radical (unpaired) electrons. The maximum atomic E-state index is 12.2. The smallest absolute Gasteiger partial charge is 0.341 e. The molecule has 0 unspecified atom stereocenters. The van der Waals surface area contributed by atoms with E-state index in [1.54, 1.807) is 18.2 Å². The summed E-state index contributed by atoms with van der Waals surface area (Å²) in [6, 6.07) is 6.68. The Morgan fingerprint density at radius 1 is 1.10 bits per heavy atom. The number of carbonyl (C=O) groups is 3. The standard InChI is InChI=1S/C14H17NO5/c1-3-9-7-5-6-8-10(9)11(16)15-14(4-2,12(17)18)13(19)20/h5-8H,3-4H2,1-2H3,(H,15,16)(H,17,18)(H,19,20). The zero-order chi connectivity index (χ0) is 15.3. The van der Waals surface area contributed by atoms with E-state index in [0.717, 1.165) is 5.56 Å². The lowest BCUT2D eigenvalue weighted by molar-refractivity contribution is -0.158. The highest BCUT2D eigenvalue weighted by Crippen LogP contribution is 2.15. The molecule has 0 aliphatic rings. The third kappa shape index (κ3) is 2.79. The fourth-order valence-electron chi connectivity index (χ4n) is 1.90. The summed E-state index contributed by atoms with van der Waals surface area (Å²) in [5, 5.41) is 20.4. The molecule has 3 N–H and O–H groups in total. The van der Waals surface area contributed by atoms with E-state index in [4.69, 9.17) is 10.2 Å². The van der Waals surface area contributed by atoms with E-state index < -0.39 is 23.4 Å². The van der Waals surface area contributed by atoms with Crippen molar-refractivity contribution in [1.82, 2.24) is 5.32 Å². The van der Waals surface area contributed by atoms with Crippen LogP contribution in [0.25, 0.3) is 0 Å². The summed E-state index contributed by atoms with van der Waals surface area (Å²) in [4.78, 5) is 34.6.